The van der Waals surface area contributed by atoms with Gasteiger partial charge in [0.1, 0.15) is 0 Å². The van der Waals surface area contributed by atoms with Crippen molar-refractivity contribution in [3.8, 4) is 0 Å². The number of aryl methyl sites for hydroxylation is 1. The maximum Gasteiger partial charge on any atom is 0.319 e. The minimum atomic E-state index is -0.0883. The SMILES string of the molecule is Cc1ccc2c(C(=O)NC3CCN(C(=O)N4CCCCC4)CC3)cnn2c1. The summed E-state index contributed by atoms with van der Waals surface area (Å²) >= 11 is 0. The van der Waals surface area contributed by atoms with E-state index in [1.165, 1.54) is 6.42 Å². The molecule has 1 N–H and O–H groups in total. The Kier molecular flexibility index (Phi) is 5.01. The van der Waals surface area contributed by atoms with Gasteiger partial charge in [-0.05, 0) is 50.7 Å². The number of hydrogen-bond donors (Lipinski definition) is 1. The fourth-order valence-corrected chi connectivity index (χ4v) is 4.03. The van der Waals surface area contributed by atoms with Crippen LogP contribution in [-0.2, 0) is 0 Å². The van der Waals surface area contributed by atoms with Crippen LogP contribution >= 0.6 is 0 Å². The number of rotatable bonds is 2. The topological polar surface area (TPSA) is 70.0 Å². The molecular formula is C20H27N5O2. The molecule has 0 spiro atoms. The highest BCUT2D eigenvalue weighted by molar-refractivity contribution is 6.00. The molecule has 2 fully saturated rings. The predicted octanol–water partition coefficient (Wildman–Crippen LogP) is 2.44. The number of likely N-dealkylation sites (tertiary alicyclic amines) is 2. The van der Waals surface area contributed by atoms with Crippen LogP contribution in [-0.4, -0.2) is 63.6 Å². The number of aromatic nitrogens is 2. The van der Waals surface area contributed by atoms with Crippen LogP contribution in [0.5, 0.6) is 0 Å². The van der Waals surface area contributed by atoms with Crippen LogP contribution in [0.3, 0.4) is 0 Å². The lowest BCUT2D eigenvalue weighted by molar-refractivity contribution is 0.0909. The van der Waals surface area contributed by atoms with Crippen molar-refractivity contribution in [2.24, 2.45) is 0 Å². The smallest absolute Gasteiger partial charge is 0.319 e. The van der Waals surface area contributed by atoms with Gasteiger partial charge in [0.2, 0.25) is 0 Å². The molecule has 0 bridgehead atoms. The molecule has 0 aromatic carbocycles. The molecule has 3 amide bonds. The van der Waals surface area contributed by atoms with Gasteiger partial charge in [0, 0.05) is 38.4 Å². The Labute approximate surface area is 159 Å². The highest BCUT2D eigenvalue weighted by Crippen LogP contribution is 2.17. The van der Waals surface area contributed by atoms with Gasteiger partial charge in [-0.25, -0.2) is 9.31 Å². The van der Waals surface area contributed by atoms with Gasteiger partial charge >= 0.3 is 6.03 Å². The average molecular weight is 369 g/mol. The number of carbonyl (C=O) groups excluding carboxylic acids is 2. The van der Waals surface area contributed by atoms with Crippen molar-refractivity contribution in [3.05, 3.63) is 35.7 Å². The number of nitrogens with zero attached hydrogens (tertiary/aromatic N) is 4. The lowest BCUT2D eigenvalue weighted by Crippen LogP contribution is -2.51. The lowest BCUT2D eigenvalue weighted by atomic mass is 10.0. The third-order valence-electron chi connectivity index (χ3n) is 5.64. The molecule has 0 unspecified atom stereocenters. The summed E-state index contributed by atoms with van der Waals surface area (Å²) in [7, 11) is 0. The van der Waals surface area contributed by atoms with E-state index in [1.807, 2.05) is 35.1 Å². The van der Waals surface area contributed by atoms with Gasteiger partial charge in [-0.3, -0.25) is 4.79 Å². The molecule has 0 saturated carbocycles. The van der Waals surface area contributed by atoms with E-state index in [1.54, 1.807) is 10.7 Å². The Bertz CT molecular complexity index is 832. The van der Waals surface area contributed by atoms with Crippen molar-refractivity contribution in [2.75, 3.05) is 26.2 Å². The van der Waals surface area contributed by atoms with Gasteiger partial charge < -0.3 is 15.1 Å². The van der Waals surface area contributed by atoms with Crippen molar-refractivity contribution in [1.82, 2.24) is 24.7 Å². The fourth-order valence-electron chi connectivity index (χ4n) is 4.03. The number of fused-ring (bicyclic) bond motifs is 1. The second kappa shape index (κ2) is 7.58. The van der Waals surface area contributed by atoms with E-state index in [4.69, 9.17) is 0 Å². The van der Waals surface area contributed by atoms with Gasteiger partial charge in [-0.2, -0.15) is 5.10 Å². The van der Waals surface area contributed by atoms with E-state index in [2.05, 4.69) is 10.4 Å². The van der Waals surface area contributed by atoms with E-state index in [0.717, 1.165) is 49.9 Å². The molecule has 0 aliphatic carbocycles. The summed E-state index contributed by atoms with van der Waals surface area (Å²) in [5, 5.41) is 7.40. The van der Waals surface area contributed by atoms with Crippen LogP contribution in [0.15, 0.2) is 24.5 Å². The van der Waals surface area contributed by atoms with Crippen molar-refractivity contribution in [2.45, 2.75) is 45.1 Å². The first-order valence-electron chi connectivity index (χ1n) is 9.90. The van der Waals surface area contributed by atoms with Crippen LogP contribution in [0.2, 0.25) is 0 Å². The summed E-state index contributed by atoms with van der Waals surface area (Å²) in [6.07, 6.45) is 8.57. The quantitative estimate of drug-likeness (QED) is 0.884. The van der Waals surface area contributed by atoms with Crippen LogP contribution in [0.4, 0.5) is 4.79 Å². The number of hydrogen-bond acceptors (Lipinski definition) is 3. The highest BCUT2D eigenvalue weighted by Gasteiger charge is 2.28. The molecule has 4 heterocycles. The number of pyridine rings is 1. The van der Waals surface area contributed by atoms with Crippen LogP contribution < -0.4 is 5.32 Å². The normalized spacial score (nSPS) is 18.7. The maximum atomic E-state index is 12.7. The van der Waals surface area contributed by atoms with Crippen molar-refractivity contribution in [1.29, 1.82) is 0 Å². The molecule has 2 saturated heterocycles. The summed E-state index contributed by atoms with van der Waals surface area (Å²) in [6.45, 7) is 5.16. The van der Waals surface area contributed by atoms with Crippen molar-refractivity contribution in [3.63, 3.8) is 0 Å². The molecule has 2 aromatic rings. The van der Waals surface area contributed by atoms with Crippen LogP contribution in [0.1, 0.15) is 48.0 Å². The van der Waals surface area contributed by atoms with Crippen LogP contribution in [0, 0.1) is 6.92 Å². The Hall–Kier alpha value is -2.57. The van der Waals surface area contributed by atoms with Crippen molar-refractivity contribution >= 4 is 17.5 Å². The zero-order valence-electron chi connectivity index (χ0n) is 15.9. The van der Waals surface area contributed by atoms with E-state index >= 15 is 0 Å². The number of urea groups is 1. The molecule has 0 radical (unpaired) electrons. The Morgan fingerprint density at radius 2 is 1.74 bits per heavy atom. The molecule has 2 aliphatic heterocycles. The third kappa shape index (κ3) is 3.77. The zero-order chi connectivity index (χ0) is 18.8. The minimum Gasteiger partial charge on any atom is -0.349 e. The monoisotopic (exact) mass is 369 g/mol. The number of amides is 3. The second-order valence-corrected chi connectivity index (χ2v) is 7.66. The second-order valence-electron chi connectivity index (χ2n) is 7.66. The van der Waals surface area contributed by atoms with Gasteiger partial charge in [0.05, 0.1) is 17.3 Å². The zero-order valence-corrected chi connectivity index (χ0v) is 15.9. The summed E-state index contributed by atoms with van der Waals surface area (Å²) in [5.74, 6) is -0.0883. The van der Waals surface area contributed by atoms with Gasteiger partial charge in [-0.15, -0.1) is 0 Å². The van der Waals surface area contributed by atoms with E-state index < -0.39 is 0 Å². The summed E-state index contributed by atoms with van der Waals surface area (Å²) in [5.41, 5.74) is 2.51. The Morgan fingerprint density at radius 3 is 2.48 bits per heavy atom. The first kappa shape index (κ1) is 17.8. The number of nitrogens with one attached hydrogen (secondary N) is 1. The van der Waals surface area contributed by atoms with Gasteiger partial charge in [-0.1, -0.05) is 6.07 Å². The van der Waals surface area contributed by atoms with E-state index in [-0.39, 0.29) is 18.0 Å². The molecule has 2 aromatic heterocycles. The third-order valence-corrected chi connectivity index (χ3v) is 5.64. The molecular weight excluding hydrogens is 342 g/mol. The van der Waals surface area contributed by atoms with Crippen molar-refractivity contribution < 1.29 is 9.59 Å². The standard InChI is InChI=1S/C20H27N5O2/c1-15-5-6-18-17(13-21-25(18)14-15)19(26)22-16-7-11-24(12-8-16)20(27)23-9-3-2-4-10-23/h5-6,13-14,16H,2-4,7-12H2,1H3,(H,22,26). The first-order chi connectivity index (χ1) is 13.1. The van der Waals surface area contributed by atoms with Gasteiger partial charge in [0.15, 0.2) is 0 Å². The molecule has 7 heteroatoms. The summed E-state index contributed by atoms with van der Waals surface area (Å²) < 4.78 is 1.74. The molecule has 7 nitrogen and oxygen atoms in total. The molecule has 0 atom stereocenters. The maximum absolute atomic E-state index is 12.7. The minimum absolute atomic E-state index is 0.0883. The molecule has 2 aliphatic rings. The lowest BCUT2D eigenvalue weighted by Gasteiger charge is -2.37. The number of piperidine rings is 2. The fraction of sp³-hybridized carbons (Fsp3) is 0.550. The van der Waals surface area contributed by atoms with E-state index in [9.17, 15) is 9.59 Å². The molecule has 27 heavy (non-hydrogen) atoms. The Balaban J connectivity index is 1.33. The molecule has 144 valence electrons. The Morgan fingerprint density at radius 1 is 1.04 bits per heavy atom. The highest BCUT2D eigenvalue weighted by atomic mass is 16.2. The number of carbonyl (C=O) groups is 2. The summed E-state index contributed by atoms with van der Waals surface area (Å²) in [4.78, 5) is 29.2. The van der Waals surface area contributed by atoms with Gasteiger partial charge in [0.25, 0.3) is 5.91 Å². The molecule has 4 rings (SSSR count). The average Bonchev–Trinajstić information content (AvgIpc) is 3.12. The predicted molar refractivity (Wildman–Crippen MR) is 103 cm³/mol. The van der Waals surface area contributed by atoms with E-state index in [0.29, 0.717) is 18.7 Å². The largest absolute Gasteiger partial charge is 0.349 e. The van der Waals surface area contributed by atoms with Crippen LogP contribution in [0.25, 0.3) is 5.52 Å². The first-order valence-corrected chi connectivity index (χ1v) is 9.90. The summed E-state index contributed by atoms with van der Waals surface area (Å²) in [6, 6.07) is 4.18.